The van der Waals surface area contributed by atoms with E-state index in [1.54, 1.807) is 7.05 Å². The molecule has 1 N–H and O–H groups in total. The Morgan fingerprint density at radius 2 is 2.09 bits per heavy atom. The summed E-state index contributed by atoms with van der Waals surface area (Å²) >= 11 is 0. The molecule has 2 heterocycles. The normalized spacial score (nSPS) is 33.6. The van der Waals surface area contributed by atoms with Crippen LogP contribution in [0.2, 0.25) is 0 Å². The van der Waals surface area contributed by atoms with E-state index in [1.165, 1.54) is 0 Å². The fourth-order valence-electron chi connectivity index (χ4n) is 3.97. The minimum Gasteiger partial charge on any atom is -0.632 e. The Labute approximate surface area is 142 Å². The number of aliphatic hydroxyl groups is 1. The van der Waals surface area contributed by atoms with E-state index in [-0.39, 0.29) is 41.8 Å². The molecule has 0 radical (unpaired) electrons. The van der Waals surface area contributed by atoms with Gasteiger partial charge in [0.2, 0.25) is 0 Å². The van der Waals surface area contributed by atoms with Gasteiger partial charge in [0.05, 0.1) is 19.7 Å². The number of quaternary nitrogens is 1. The fraction of sp³-hybridized carbons (Fsp3) is 0.588. The number of piperidine rings is 1. The quantitative estimate of drug-likeness (QED) is 0.518. The third kappa shape index (κ3) is 3.38. The number of likely N-dealkylation sites (N-methyl/N-ethyl adjacent to an activating group) is 1. The van der Waals surface area contributed by atoms with E-state index in [0.29, 0.717) is 6.42 Å². The lowest BCUT2D eigenvalue weighted by Gasteiger charge is -2.48. The highest BCUT2D eigenvalue weighted by Crippen LogP contribution is 2.42. The molecular formula is C17H24ClNO4. The summed E-state index contributed by atoms with van der Waals surface area (Å²) in [6.45, 7) is -0.285. The van der Waals surface area contributed by atoms with Gasteiger partial charge in [-0.3, -0.25) is 4.79 Å². The second-order valence-corrected chi connectivity index (χ2v) is 6.57. The highest BCUT2D eigenvalue weighted by molar-refractivity contribution is 5.85. The zero-order chi connectivity index (χ0) is 15.7. The van der Waals surface area contributed by atoms with E-state index in [1.807, 2.05) is 30.3 Å². The number of hydrogen-bond acceptors (Lipinski definition) is 4. The van der Waals surface area contributed by atoms with Gasteiger partial charge in [-0.1, -0.05) is 30.3 Å². The highest BCUT2D eigenvalue weighted by Gasteiger charge is 2.51. The second kappa shape index (κ2) is 7.18. The van der Waals surface area contributed by atoms with Crippen LogP contribution in [0.25, 0.3) is 0 Å². The Morgan fingerprint density at radius 3 is 2.70 bits per heavy atom. The Hall–Kier alpha value is -1.14. The molecule has 1 aromatic rings. The Morgan fingerprint density at radius 1 is 1.39 bits per heavy atom. The Kier molecular flexibility index (Phi) is 5.68. The first-order valence-electron chi connectivity index (χ1n) is 7.97. The molecule has 0 aliphatic carbocycles. The zero-order valence-corrected chi connectivity index (χ0v) is 14.1. The summed E-state index contributed by atoms with van der Waals surface area (Å²) < 4.78 is 5.37. The molecule has 0 amide bonds. The van der Waals surface area contributed by atoms with Crippen LogP contribution in [-0.4, -0.2) is 47.6 Å². The average Bonchev–Trinajstić information content (AvgIpc) is 2.67. The van der Waals surface area contributed by atoms with E-state index in [0.717, 1.165) is 24.8 Å². The van der Waals surface area contributed by atoms with Gasteiger partial charge in [-0.15, -0.1) is 12.4 Å². The number of fused-ring (bicyclic) bond motifs is 2. The van der Waals surface area contributed by atoms with Gasteiger partial charge in [0, 0.05) is 19.3 Å². The molecule has 2 bridgehead atoms. The molecule has 0 saturated carbocycles. The Balaban J connectivity index is 0.00000192. The van der Waals surface area contributed by atoms with Gasteiger partial charge in [0.1, 0.15) is 12.0 Å². The van der Waals surface area contributed by atoms with E-state index < -0.39 is 11.9 Å². The lowest BCUT2D eigenvalue weighted by molar-refractivity contribution is -0.903. The van der Waals surface area contributed by atoms with Crippen LogP contribution in [0.15, 0.2) is 30.3 Å². The van der Waals surface area contributed by atoms with Crippen LogP contribution < -0.4 is 0 Å². The van der Waals surface area contributed by atoms with Gasteiger partial charge < -0.3 is 19.7 Å². The van der Waals surface area contributed by atoms with Gasteiger partial charge >= 0.3 is 5.97 Å². The molecule has 2 aliphatic heterocycles. The van der Waals surface area contributed by atoms with E-state index in [4.69, 9.17) is 4.74 Å². The fourth-order valence-corrected chi connectivity index (χ4v) is 3.97. The maximum Gasteiger partial charge on any atom is 0.316 e. The largest absolute Gasteiger partial charge is 0.632 e. The van der Waals surface area contributed by atoms with Crippen molar-refractivity contribution >= 4 is 18.4 Å². The Bertz CT molecular complexity index is 537. The van der Waals surface area contributed by atoms with Crippen LogP contribution in [0, 0.1) is 5.21 Å². The predicted molar refractivity (Wildman–Crippen MR) is 89.0 cm³/mol. The summed E-state index contributed by atoms with van der Waals surface area (Å²) in [6, 6.07) is 9.03. The summed E-state index contributed by atoms with van der Waals surface area (Å²) in [6.07, 6.45) is 3.07. The monoisotopic (exact) mass is 341 g/mol. The number of benzene rings is 1. The van der Waals surface area contributed by atoms with Gasteiger partial charge in [0.25, 0.3) is 0 Å². The first kappa shape index (κ1) is 18.2. The summed E-state index contributed by atoms with van der Waals surface area (Å²) in [5.74, 6) is -1.10. The van der Waals surface area contributed by atoms with Crippen LogP contribution in [0.5, 0.6) is 0 Å². The number of carbonyl (C=O) groups excluding carboxylic acids is 1. The number of esters is 1. The molecule has 23 heavy (non-hydrogen) atoms. The van der Waals surface area contributed by atoms with Crippen molar-refractivity contribution in [2.45, 2.75) is 49.8 Å². The number of halogens is 1. The molecule has 0 aromatic heterocycles. The topological polar surface area (TPSA) is 69.6 Å². The number of carbonyl (C=O) groups is 1. The van der Waals surface area contributed by atoms with Crippen molar-refractivity contribution in [3.63, 3.8) is 0 Å². The van der Waals surface area contributed by atoms with Crippen molar-refractivity contribution in [2.24, 2.45) is 0 Å². The summed E-state index contributed by atoms with van der Waals surface area (Å²) in [5, 5.41) is 22.2. The molecule has 2 saturated heterocycles. The summed E-state index contributed by atoms with van der Waals surface area (Å²) in [5.41, 5.74) is 0.746. The molecule has 5 nitrogen and oxygen atoms in total. The van der Waals surface area contributed by atoms with E-state index in [9.17, 15) is 15.1 Å². The standard InChI is InChI=1S/C17H23NO4.ClH/c1-18(21)13-8-5-9-15(18)16(10-13)22-17(20)14(11-19)12-6-3-2-4-7-12;/h2-4,6-7,13-16,19H,5,8-11H2,1H3;1H. The lowest BCUT2D eigenvalue weighted by Crippen LogP contribution is -2.53. The number of rotatable bonds is 4. The molecule has 2 aliphatic rings. The van der Waals surface area contributed by atoms with E-state index >= 15 is 0 Å². The highest BCUT2D eigenvalue weighted by atomic mass is 35.5. The minimum absolute atomic E-state index is 0. The van der Waals surface area contributed by atoms with Gasteiger partial charge in [-0.25, -0.2) is 0 Å². The number of ether oxygens (including phenoxy) is 1. The zero-order valence-electron chi connectivity index (χ0n) is 13.3. The lowest BCUT2D eigenvalue weighted by atomic mass is 10.00. The smallest absolute Gasteiger partial charge is 0.316 e. The van der Waals surface area contributed by atoms with Gasteiger partial charge in [-0.2, -0.15) is 0 Å². The van der Waals surface area contributed by atoms with Crippen LogP contribution in [-0.2, 0) is 9.53 Å². The molecule has 1 aromatic carbocycles. The molecule has 6 heteroatoms. The predicted octanol–water partition coefficient (Wildman–Crippen LogP) is 2.37. The minimum atomic E-state index is -0.674. The summed E-state index contributed by atoms with van der Waals surface area (Å²) in [4.78, 5) is 12.4. The van der Waals surface area contributed by atoms with Gasteiger partial charge in [-0.05, 0) is 12.0 Å². The molecule has 128 valence electrons. The number of nitrogens with zero attached hydrogens (tertiary/aromatic N) is 1. The molecule has 3 rings (SSSR count). The first-order chi connectivity index (χ1) is 10.5. The van der Waals surface area contributed by atoms with Crippen LogP contribution in [0.4, 0.5) is 0 Å². The maximum absolute atomic E-state index is 12.6. The van der Waals surface area contributed by atoms with Crippen molar-refractivity contribution in [3.05, 3.63) is 41.1 Å². The number of hydroxylamine groups is 3. The van der Waals surface area contributed by atoms with Gasteiger partial charge in [0.15, 0.2) is 6.10 Å². The molecule has 5 atom stereocenters. The van der Waals surface area contributed by atoms with E-state index in [2.05, 4.69) is 0 Å². The molecule has 2 fully saturated rings. The van der Waals surface area contributed by atoms with Crippen molar-refractivity contribution in [3.8, 4) is 0 Å². The average molecular weight is 342 g/mol. The molecule has 5 unspecified atom stereocenters. The first-order valence-corrected chi connectivity index (χ1v) is 7.97. The van der Waals surface area contributed by atoms with Crippen LogP contribution in [0.3, 0.4) is 0 Å². The third-order valence-electron chi connectivity index (χ3n) is 5.29. The van der Waals surface area contributed by atoms with Crippen LogP contribution in [0.1, 0.15) is 37.2 Å². The van der Waals surface area contributed by atoms with Crippen molar-refractivity contribution in [2.75, 3.05) is 13.7 Å². The second-order valence-electron chi connectivity index (χ2n) is 6.57. The molecular weight excluding hydrogens is 318 g/mol. The third-order valence-corrected chi connectivity index (χ3v) is 5.29. The van der Waals surface area contributed by atoms with Crippen molar-refractivity contribution < 1.29 is 19.3 Å². The summed E-state index contributed by atoms with van der Waals surface area (Å²) in [7, 11) is 1.70. The number of hydrogen-bond donors (Lipinski definition) is 1. The van der Waals surface area contributed by atoms with Crippen molar-refractivity contribution in [1.82, 2.24) is 0 Å². The molecule has 0 spiro atoms. The van der Waals surface area contributed by atoms with Crippen LogP contribution >= 0.6 is 12.4 Å². The SMILES string of the molecule is C[N+]1([O-])C2CCCC1C(OC(=O)C(CO)c1ccccc1)C2.Cl. The number of aliphatic hydroxyl groups excluding tert-OH is 1. The van der Waals surface area contributed by atoms with Crippen molar-refractivity contribution in [1.29, 1.82) is 0 Å². The maximum atomic E-state index is 12.6.